The van der Waals surface area contributed by atoms with Crippen LogP contribution in [-0.2, 0) is 19.3 Å². The van der Waals surface area contributed by atoms with Crippen molar-refractivity contribution < 1.29 is 10.2 Å². The fourth-order valence-electron chi connectivity index (χ4n) is 2.74. The third-order valence-electron chi connectivity index (χ3n) is 3.83. The van der Waals surface area contributed by atoms with Gasteiger partial charge in [0.05, 0.1) is 0 Å². The first-order valence-corrected chi connectivity index (χ1v) is 7.28. The van der Waals surface area contributed by atoms with Crippen molar-refractivity contribution in [3.05, 3.63) is 47.0 Å². The Morgan fingerprint density at radius 2 is 1.40 bits per heavy atom. The van der Waals surface area contributed by atoms with E-state index in [4.69, 9.17) is 0 Å². The third kappa shape index (κ3) is 2.51. The average molecular weight is 270 g/mol. The molecule has 0 unspecified atom stereocenters. The summed E-state index contributed by atoms with van der Waals surface area (Å²) in [5.74, 6) is 0.689. The average Bonchev–Trinajstić information content (AvgIpc) is 2.47. The van der Waals surface area contributed by atoms with Crippen LogP contribution in [0.2, 0.25) is 0 Å². The largest absolute Gasteiger partial charge is 0.508 e. The van der Waals surface area contributed by atoms with Gasteiger partial charge in [-0.3, -0.25) is 0 Å². The van der Waals surface area contributed by atoms with Crippen LogP contribution in [0.4, 0.5) is 0 Å². The van der Waals surface area contributed by atoms with Crippen molar-refractivity contribution in [1.82, 2.24) is 0 Å². The maximum absolute atomic E-state index is 10.5. The Morgan fingerprint density at radius 1 is 0.800 bits per heavy atom. The highest BCUT2D eigenvalue weighted by Gasteiger charge is 2.16. The summed E-state index contributed by atoms with van der Waals surface area (Å²) in [4.78, 5) is 0. The van der Waals surface area contributed by atoms with Crippen LogP contribution in [0.15, 0.2) is 30.3 Å². The van der Waals surface area contributed by atoms with Crippen LogP contribution in [0.25, 0.3) is 11.1 Å². The van der Waals surface area contributed by atoms with Crippen LogP contribution < -0.4 is 0 Å². The zero-order chi connectivity index (χ0) is 14.7. The molecule has 0 amide bonds. The second-order valence-electron chi connectivity index (χ2n) is 5.00. The summed E-state index contributed by atoms with van der Waals surface area (Å²) in [6, 6.07) is 9.32. The Balaban J connectivity index is 2.72. The highest BCUT2D eigenvalue weighted by atomic mass is 16.3. The Labute approximate surface area is 120 Å². The molecule has 0 aromatic heterocycles. The summed E-state index contributed by atoms with van der Waals surface area (Å²) in [5, 5.41) is 19.9. The minimum Gasteiger partial charge on any atom is -0.508 e. The highest BCUT2D eigenvalue weighted by Crippen LogP contribution is 2.37. The van der Waals surface area contributed by atoms with E-state index in [-0.39, 0.29) is 5.75 Å². The van der Waals surface area contributed by atoms with E-state index in [1.54, 1.807) is 12.1 Å². The molecule has 0 heterocycles. The van der Waals surface area contributed by atoms with Gasteiger partial charge in [0, 0.05) is 5.56 Å². The van der Waals surface area contributed by atoms with Gasteiger partial charge in [-0.05, 0) is 53.6 Å². The molecule has 0 aliphatic heterocycles. The van der Waals surface area contributed by atoms with Crippen LogP contribution in [-0.4, -0.2) is 10.2 Å². The normalized spacial score (nSPS) is 10.8. The lowest BCUT2D eigenvalue weighted by Crippen LogP contribution is -1.99. The number of aromatic hydroxyl groups is 2. The molecule has 2 aromatic rings. The maximum Gasteiger partial charge on any atom is 0.122 e. The van der Waals surface area contributed by atoms with Gasteiger partial charge in [0.2, 0.25) is 0 Å². The zero-order valence-corrected chi connectivity index (χ0v) is 12.4. The predicted octanol–water partition coefficient (Wildman–Crippen LogP) is 4.45. The van der Waals surface area contributed by atoms with Gasteiger partial charge in [-0.2, -0.15) is 0 Å². The molecule has 2 heteroatoms. The number of aryl methyl sites for hydroxylation is 2. The van der Waals surface area contributed by atoms with Gasteiger partial charge >= 0.3 is 0 Å². The lowest BCUT2D eigenvalue weighted by molar-refractivity contribution is 0.462. The molecule has 0 spiro atoms. The standard InChI is InChI=1S/C18H22O2/c1-4-12-11-13(5-2)18(20)16(6-3)17(12)14-7-9-15(19)10-8-14/h7-11,19-20H,4-6H2,1-3H3. The first kappa shape index (κ1) is 14.4. The Morgan fingerprint density at radius 3 is 1.90 bits per heavy atom. The molecule has 0 radical (unpaired) electrons. The molecule has 0 saturated heterocycles. The van der Waals surface area contributed by atoms with Crippen molar-refractivity contribution >= 4 is 0 Å². The predicted molar refractivity (Wildman–Crippen MR) is 83.3 cm³/mol. The fraction of sp³-hybridized carbons (Fsp3) is 0.333. The van der Waals surface area contributed by atoms with E-state index < -0.39 is 0 Å². The molecule has 0 atom stereocenters. The van der Waals surface area contributed by atoms with Gasteiger partial charge in [0.25, 0.3) is 0 Å². The SMILES string of the molecule is CCc1cc(CC)c(-c2ccc(O)cc2)c(CC)c1O. The first-order chi connectivity index (χ1) is 9.62. The zero-order valence-electron chi connectivity index (χ0n) is 12.4. The van der Waals surface area contributed by atoms with Gasteiger partial charge in [-0.1, -0.05) is 39.0 Å². The van der Waals surface area contributed by atoms with Crippen LogP contribution in [0.3, 0.4) is 0 Å². The van der Waals surface area contributed by atoms with Gasteiger partial charge in [-0.15, -0.1) is 0 Å². The molecule has 0 fully saturated rings. The summed E-state index contributed by atoms with van der Waals surface area (Å²) >= 11 is 0. The van der Waals surface area contributed by atoms with Gasteiger partial charge in [0.1, 0.15) is 11.5 Å². The number of rotatable bonds is 4. The molecule has 2 nitrogen and oxygen atoms in total. The first-order valence-electron chi connectivity index (χ1n) is 7.28. The Kier molecular flexibility index (Phi) is 4.33. The van der Waals surface area contributed by atoms with E-state index >= 15 is 0 Å². The minimum atomic E-state index is 0.263. The number of hydrogen-bond donors (Lipinski definition) is 2. The second kappa shape index (κ2) is 6.00. The van der Waals surface area contributed by atoms with Crippen LogP contribution in [0.5, 0.6) is 11.5 Å². The monoisotopic (exact) mass is 270 g/mol. The smallest absolute Gasteiger partial charge is 0.122 e. The van der Waals surface area contributed by atoms with E-state index in [1.807, 2.05) is 12.1 Å². The van der Waals surface area contributed by atoms with Crippen molar-refractivity contribution in [1.29, 1.82) is 0 Å². The molecular weight excluding hydrogens is 248 g/mol. The fourth-order valence-corrected chi connectivity index (χ4v) is 2.74. The molecule has 20 heavy (non-hydrogen) atoms. The van der Waals surface area contributed by atoms with Crippen molar-refractivity contribution in [2.24, 2.45) is 0 Å². The summed E-state index contributed by atoms with van der Waals surface area (Å²) in [6.07, 6.45) is 2.56. The number of phenols is 2. The molecule has 106 valence electrons. The molecule has 0 aliphatic rings. The Bertz CT molecular complexity index is 598. The third-order valence-corrected chi connectivity index (χ3v) is 3.83. The van der Waals surface area contributed by atoms with Crippen LogP contribution >= 0.6 is 0 Å². The molecule has 0 saturated carbocycles. The maximum atomic E-state index is 10.5. The lowest BCUT2D eigenvalue weighted by atomic mass is 9.88. The second-order valence-corrected chi connectivity index (χ2v) is 5.00. The minimum absolute atomic E-state index is 0.263. The van der Waals surface area contributed by atoms with Gasteiger partial charge in [0.15, 0.2) is 0 Å². The van der Waals surface area contributed by atoms with E-state index in [1.165, 1.54) is 5.56 Å². The van der Waals surface area contributed by atoms with E-state index in [0.717, 1.165) is 41.5 Å². The van der Waals surface area contributed by atoms with Crippen molar-refractivity contribution in [3.8, 4) is 22.6 Å². The van der Waals surface area contributed by atoms with Crippen molar-refractivity contribution in [2.75, 3.05) is 0 Å². The van der Waals surface area contributed by atoms with Crippen LogP contribution in [0.1, 0.15) is 37.5 Å². The molecule has 2 aromatic carbocycles. The summed E-state index contributed by atoms with van der Waals surface area (Å²) < 4.78 is 0. The Hall–Kier alpha value is -1.96. The summed E-state index contributed by atoms with van der Waals surface area (Å²) in [5.41, 5.74) is 5.44. The van der Waals surface area contributed by atoms with Gasteiger partial charge < -0.3 is 10.2 Å². The molecular formula is C18H22O2. The van der Waals surface area contributed by atoms with Gasteiger partial charge in [-0.25, -0.2) is 0 Å². The molecule has 0 bridgehead atoms. The topological polar surface area (TPSA) is 40.5 Å². The summed E-state index contributed by atoms with van der Waals surface area (Å²) in [6.45, 7) is 6.27. The molecule has 2 rings (SSSR count). The molecule has 0 aliphatic carbocycles. The number of benzene rings is 2. The van der Waals surface area contributed by atoms with Crippen molar-refractivity contribution in [2.45, 2.75) is 40.0 Å². The van der Waals surface area contributed by atoms with E-state index in [9.17, 15) is 10.2 Å². The number of phenolic OH excluding ortho intramolecular Hbond substituents is 2. The van der Waals surface area contributed by atoms with E-state index in [0.29, 0.717) is 5.75 Å². The molecule has 2 N–H and O–H groups in total. The van der Waals surface area contributed by atoms with Crippen molar-refractivity contribution in [3.63, 3.8) is 0 Å². The van der Waals surface area contributed by atoms with E-state index in [2.05, 4.69) is 26.8 Å². The number of hydrogen-bond acceptors (Lipinski definition) is 2. The summed E-state index contributed by atoms with van der Waals surface area (Å²) in [7, 11) is 0. The van der Waals surface area contributed by atoms with Crippen LogP contribution in [0, 0.1) is 0 Å². The lowest BCUT2D eigenvalue weighted by Gasteiger charge is -2.18. The highest BCUT2D eigenvalue weighted by molar-refractivity contribution is 5.75. The quantitative estimate of drug-likeness (QED) is 0.861.